The number of para-hydroxylation sites is 2. The molecule has 0 aliphatic rings. The van der Waals surface area contributed by atoms with Crippen LogP contribution in [0.25, 0.3) is 21.1 Å². The van der Waals surface area contributed by atoms with Crippen molar-refractivity contribution in [2.75, 3.05) is 6.61 Å². The Balaban J connectivity index is 1.70. The maximum Gasteiger partial charge on any atom is 0.420 e. The summed E-state index contributed by atoms with van der Waals surface area (Å²) in [5.41, 5.74) is 2.53. The second-order valence-electron chi connectivity index (χ2n) is 5.30. The Bertz CT molecular complexity index is 1050. The van der Waals surface area contributed by atoms with E-state index in [9.17, 15) is 4.79 Å². The Morgan fingerprint density at radius 1 is 1.28 bits per heavy atom. The van der Waals surface area contributed by atoms with Crippen LogP contribution in [0.3, 0.4) is 0 Å². The largest absolute Gasteiger partial charge is 0.449 e. The minimum Gasteiger partial charge on any atom is -0.449 e. The van der Waals surface area contributed by atoms with Crippen LogP contribution in [0, 0.1) is 0 Å². The molecule has 0 amide bonds. The van der Waals surface area contributed by atoms with Crippen LogP contribution < -0.4 is 0 Å². The van der Waals surface area contributed by atoms with Crippen molar-refractivity contribution in [3.63, 3.8) is 0 Å². The summed E-state index contributed by atoms with van der Waals surface area (Å²) >= 11 is 3.17. The van der Waals surface area contributed by atoms with Gasteiger partial charge < -0.3 is 4.74 Å². The maximum atomic E-state index is 12.4. The predicted octanol–water partition coefficient (Wildman–Crippen LogP) is 4.94. The highest BCUT2D eigenvalue weighted by atomic mass is 32.2. The quantitative estimate of drug-likeness (QED) is 0.477. The number of pyridine rings is 1. The van der Waals surface area contributed by atoms with Crippen LogP contribution in [0.15, 0.2) is 53.1 Å². The van der Waals surface area contributed by atoms with Gasteiger partial charge in [0.15, 0.2) is 5.16 Å². The molecule has 4 rings (SSSR count). The zero-order chi connectivity index (χ0) is 17.2. The van der Waals surface area contributed by atoms with E-state index >= 15 is 0 Å². The first-order chi connectivity index (χ1) is 12.3. The van der Waals surface area contributed by atoms with E-state index in [2.05, 4.69) is 21.4 Å². The molecule has 0 N–H and O–H groups in total. The summed E-state index contributed by atoms with van der Waals surface area (Å²) < 4.78 is 7.92. The molecule has 0 bridgehead atoms. The number of carbonyl (C=O) groups is 1. The van der Waals surface area contributed by atoms with Crippen LogP contribution in [0.5, 0.6) is 0 Å². The third kappa shape index (κ3) is 3.01. The van der Waals surface area contributed by atoms with Crippen molar-refractivity contribution in [1.82, 2.24) is 14.5 Å². The fraction of sp³-hybridized carbons (Fsp3) is 0.167. The van der Waals surface area contributed by atoms with E-state index in [4.69, 9.17) is 4.74 Å². The van der Waals surface area contributed by atoms with Gasteiger partial charge in [0, 0.05) is 11.9 Å². The number of carbonyl (C=O) groups excluding carboxylic acids is 1. The van der Waals surface area contributed by atoms with Gasteiger partial charge >= 0.3 is 6.09 Å². The maximum absolute atomic E-state index is 12.4. The predicted molar refractivity (Wildman–Crippen MR) is 101 cm³/mol. The second-order valence-corrected chi connectivity index (χ2v) is 7.16. The van der Waals surface area contributed by atoms with Crippen LogP contribution in [-0.2, 0) is 10.5 Å². The molecule has 7 heteroatoms. The van der Waals surface area contributed by atoms with E-state index in [1.54, 1.807) is 18.3 Å². The number of hydrogen-bond donors (Lipinski definition) is 0. The summed E-state index contributed by atoms with van der Waals surface area (Å²) in [6.07, 6.45) is 1.42. The van der Waals surface area contributed by atoms with Crippen molar-refractivity contribution < 1.29 is 9.53 Å². The van der Waals surface area contributed by atoms with Gasteiger partial charge in [-0.3, -0.25) is 4.98 Å². The van der Waals surface area contributed by atoms with E-state index < -0.39 is 6.09 Å². The molecular formula is C18H15N3O2S2. The summed E-state index contributed by atoms with van der Waals surface area (Å²) in [7, 11) is 0. The smallest absolute Gasteiger partial charge is 0.420 e. The van der Waals surface area contributed by atoms with Gasteiger partial charge in [0.1, 0.15) is 0 Å². The molecule has 25 heavy (non-hydrogen) atoms. The molecule has 0 saturated carbocycles. The van der Waals surface area contributed by atoms with Gasteiger partial charge in [-0.25, -0.2) is 14.3 Å². The second kappa shape index (κ2) is 6.85. The normalized spacial score (nSPS) is 11.2. The summed E-state index contributed by atoms with van der Waals surface area (Å²) in [6.45, 7) is 2.12. The van der Waals surface area contributed by atoms with Gasteiger partial charge in [0.2, 0.25) is 0 Å². The summed E-state index contributed by atoms with van der Waals surface area (Å²) in [5, 5.41) is 3.87. The average molecular weight is 369 g/mol. The first kappa shape index (κ1) is 16.1. The SMILES string of the molecule is CCOC(=O)n1c(SCc2nccc3ccsc23)nc2ccccc21. The molecule has 3 aromatic heterocycles. The van der Waals surface area contributed by atoms with Crippen LogP contribution in [0.4, 0.5) is 4.79 Å². The molecule has 5 nitrogen and oxygen atoms in total. The number of imidazole rings is 1. The summed E-state index contributed by atoms with van der Waals surface area (Å²) in [4.78, 5) is 21.5. The van der Waals surface area contributed by atoms with Crippen molar-refractivity contribution in [3.05, 3.63) is 53.7 Å². The molecule has 0 unspecified atom stereocenters. The van der Waals surface area contributed by atoms with Crippen LogP contribution >= 0.6 is 23.1 Å². The Morgan fingerprint density at radius 3 is 3.04 bits per heavy atom. The third-order valence-electron chi connectivity index (χ3n) is 3.76. The lowest BCUT2D eigenvalue weighted by molar-refractivity contribution is 0.152. The molecule has 0 fully saturated rings. The number of fused-ring (bicyclic) bond motifs is 2. The molecule has 1 aromatic carbocycles. The van der Waals surface area contributed by atoms with Crippen LogP contribution in [0.1, 0.15) is 12.6 Å². The van der Waals surface area contributed by atoms with Gasteiger partial charge in [-0.1, -0.05) is 23.9 Å². The van der Waals surface area contributed by atoms with Gasteiger partial charge in [0.05, 0.1) is 28.0 Å². The van der Waals surface area contributed by atoms with Crippen molar-refractivity contribution in [3.8, 4) is 0 Å². The first-order valence-corrected chi connectivity index (χ1v) is 9.73. The minimum absolute atomic E-state index is 0.325. The lowest BCUT2D eigenvalue weighted by Crippen LogP contribution is -2.14. The number of rotatable bonds is 4. The average Bonchev–Trinajstić information content (AvgIpc) is 3.24. The first-order valence-electron chi connectivity index (χ1n) is 7.86. The standard InChI is InChI=1S/C18H15N3O2S2/c1-2-23-18(22)21-15-6-4-3-5-13(15)20-17(21)25-11-14-16-12(7-9-19-14)8-10-24-16/h3-10H,2,11H2,1H3. The van der Waals surface area contributed by atoms with Crippen LogP contribution in [0.2, 0.25) is 0 Å². The zero-order valence-electron chi connectivity index (χ0n) is 13.5. The van der Waals surface area contributed by atoms with Gasteiger partial charge in [0.25, 0.3) is 0 Å². The number of thioether (sulfide) groups is 1. The molecule has 4 aromatic rings. The van der Waals surface area contributed by atoms with Crippen molar-refractivity contribution >= 4 is 50.3 Å². The number of aromatic nitrogens is 3. The lowest BCUT2D eigenvalue weighted by Gasteiger charge is -2.07. The molecule has 0 spiro atoms. The highest BCUT2D eigenvalue weighted by Gasteiger charge is 2.18. The summed E-state index contributed by atoms with van der Waals surface area (Å²) in [5.74, 6) is 0.639. The van der Waals surface area contributed by atoms with E-state index in [0.29, 0.717) is 17.5 Å². The fourth-order valence-corrected chi connectivity index (χ4v) is 4.58. The molecule has 0 aliphatic heterocycles. The van der Waals surface area contributed by atoms with E-state index in [-0.39, 0.29) is 0 Å². The highest BCUT2D eigenvalue weighted by molar-refractivity contribution is 7.98. The number of hydrogen-bond acceptors (Lipinski definition) is 6. The molecule has 0 saturated heterocycles. The van der Waals surface area contributed by atoms with Crippen molar-refractivity contribution in [2.45, 2.75) is 17.8 Å². The molecule has 126 valence electrons. The number of thiophene rings is 1. The Labute approximate surface area is 152 Å². The van der Waals surface area contributed by atoms with Crippen LogP contribution in [-0.4, -0.2) is 27.2 Å². The summed E-state index contributed by atoms with van der Waals surface area (Å²) in [6, 6.07) is 11.7. The topological polar surface area (TPSA) is 57.0 Å². The highest BCUT2D eigenvalue weighted by Crippen LogP contribution is 2.30. The van der Waals surface area contributed by atoms with E-state index in [1.807, 2.05) is 36.5 Å². The Morgan fingerprint density at radius 2 is 2.16 bits per heavy atom. The third-order valence-corrected chi connectivity index (χ3v) is 5.69. The number of ether oxygens (including phenoxy) is 1. The monoisotopic (exact) mass is 369 g/mol. The van der Waals surface area contributed by atoms with Gasteiger partial charge in [-0.2, -0.15) is 0 Å². The minimum atomic E-state index is -0.402. The fourth-order valence-electron chi connectivity index (χ4n) is 2.65. The van der Waals surface area contributed by atoms with Crippen molar-refractivity contribution in [2.24, 2.45) is 0 Å². The number of benzene rings is 1. The van der Waals surface area contributed by atoms with Crippen molar-refractivity contribution in [1.29, 1.82) is 0 Å². The molecule has 0 radical (unpaired) electrons. The lowest BCUT2D eigenvalue weighted by atomic mass is 10.3. The Kier molecular flexibility index (Phi) is 4.42. The molecule has 3 heterocycles. The Hall–Kier alpha value is -2.38. The van der Waals surface area contributed by atoms with Gasteiger partial charge in [-0.15, -0.1) is 11.3 Å². The molecular weight excluding hydrogens is 354 g/mol. The molecule has 0 aliphatic carbocycles. The van der Waals surface area contributed by atoms with Gasteiger partial charge in [-0.05, 0) is 42.0 Å². The zero-order valence-corrected chi connectivity index (χ0v) is 15.1. The number of nitrogens with zero attached hydrogens (tertiary/aromatic N) is 3. The van der Waals surface area contributed by atoms with E-state index in [0.717, 1.165) is 16.7 Å². The molecule has 0 atom stereocenters. The van der Waals surface area contributed by atoms with E-state index in [1.165, 1.54) is 26.4 Å².